The van der Waals surface area contributed by atoms with Gasteiger partial charge in [0.2, 0.25) is 0 Å². The number of ether oxygens (including phenoxy) is 1. The van der Waals surface area contributed by atoms with E-state index in [0.717, 1.165) is 6.07 Å². The minimum Gasteiger partial charge on any atom is -0.467 e. The molecular weight excluding hydrogens is 313 g/mol. The lowest BCUT2D eigenvalue weighted by Gasteiger charge is -2.17. The fourth-order valence-electron chi connectivity index (χ4n) is 1.78. The van der Waals surface area contributed by atoms with Crippen LogP contribution in [0.1, 0.15) is 10.4 Å². The minimum absolute atomic E-state index is 0.0747. The molecule has 122 valence electrons. The van der Waals surface area contributed by atoms with Crippen LogP contribution < -0.4 is 15.0 Å². The molecule has 0 aliphatic rings. The van der Waals surface area contributed by atoms with Crippen molar-refractivity contribution in [2.24, 2.45) is 0 Å². The Morgan fingerprint density at radius 1 is 1.22 bits per heavy atom. The molecule has 0 radical (unpaired) electrons. The zero-order valence-corrected chi connectivity index (χ0v) is 12.5. The maximum absolute atomic E-state index is 13.7. The number of hydrogen-bond donors (Lipinski definition) is 1. The van der Waals surface area contributed by atoms with Gasteiger partial charge in [-0.1, -0.05) is 0 Å². The molecule has 0 bridgehead atoms. The molecule has 2 aromatic rings. The van der Waals surface area contributed by atoms with Crippen molar-refractivity contribution in [3.8, 4) is 6.01 Å². The van der Waals surface area contributed by atoms with Gasteiger partial charge in [0.05, 0.1) is 18.9 Å². The largest absolute Gasteiger partial charge is 0.467 e. The number of methoxy groups -OCH3 is 1. The van der Waals surface area contributed by atoms with Crippen LogP contribution in [0.3, 0.4) is 0 Å². The number of hydrogen-bond acceptors (Lipinski definition) is 5. The van der Waals surface area contributed by atoms with E-state index in [4.69, 9.17) is 4.74 Å². The van der Waals surface area contributed by atoms with Gasteiger partial charge in [-0.3, -0.25) is 4.79 Å². The molecule has 9 heteroatoms. The second-order valence-electron chi connectivity index (χ2n) is 4.67. The highest BCUT2D eigenvalue weighted by atomic mass is 19.2. The first kappa shape index (κ1) is 16.5. The molecule has 0 spiro atoms. The number of benzene rings is 1. The van der Waals surface area contributed by atoms with Gasteiger partial charge >= 0.3 is 6.01 Å². The number of carbonyl (C=O) groups is 1. The van der Waals surface area contributed by atoms with Gasteiger partial charge in [-0.15, -0.1) is 0 Å². The van der Waals surface area contributed by atoms with E-state index in [1.54, 1.807) is 19.0 Å². The fourth-order valence-corrected chi connectivity index (χ4v) is 1.78. The highest BCUT2D eigenvalue weighted by Gasteiger charge is 2.20. The molecule has 6 nitrogen and oxygen atoms in total. The van der Waals surface area contributed by atoms with Crippen molar-refractivity contribution in [3.63, 3.8) is 0 Å². The van der Waals surface area contributed by atoms with Crippen LogP contribution in [0.5, 0.6) is 6.01 Å². The van der Waals surface area contributed by atoms with Crippen LogP contribution in [0.25, 0.3) is 0 Å². The summed E-state index contributed by atoms with van der Waals surface area (Å²) < 4.78 is 44.7. The van der Waals surface area contributed by atoms with Crippen molar-refractivity contribution in [1.82, 2.24) is 9.97 Å². The molecule has 0 aliphatic heterocycles. The molecular formula is C14H13F3N4O2. The molecule has 0 aliphatic carbocycles. The fraction of sp³-hybridized carbons (Fsp3) is 0.214. The quantitative estimate of drug-likeness (QED) is 0.873. The molecule has 23 heavy (non-hydrogen) atoms. The Morgan fingerprint density at radius 2 is 1.91 bits per heavy atom. The van der Waals surface area contributed by atoms with Gasteiger partial charge < -0.3 is 15.0 Å². The summed E-state index contributed by atoms with van der Waals surface area (Å²) in [6.07, 6.45) is 1.26. The summed E-state index contributed by atoms with van der Waals surface area (Å²) in [6, 6.07) is 1.60. The first-order chi connectivity index (χ1) is 10.8. The van der Waals surface area contributed by atoms with E-state index in [1.165, 1.54) is 13.3 Å². The van der Waals surface area contributed by atoms with Crippen LogP contribution in [-0.2, 0) is 0 Å². The van der Waals surface area contributed by atoms with E-state index in [9.17, 15) is 18.0 Å². The van der Waals surface area contributed by atoms with Crippen LogP contribution in [0, 0.1) is 17.5 Å². The maximum atomic E-state index is 13.7. The third kappa shape index (κ3) is 3.33. The zero-order valence-electron chi connectivity index (χ0n) is 12.5. The van der Waals surface area contributed by atoms with E-state index in [-0.39, 0.29) is 11.7 Å². The van der Waals surface area contributed by atoms with Crippen molar-refractivity contribution in [3.05, 3.63) is 41.3 Å². The summed E-state index contributed by atoms with van der Waals surface area (Å²) in [7, 11) is 4.70. The van der Waals surface area contributed by atoms with Gasteiger partial charge in [0.25, 0.3) is 5.91 Å². The van der Waals surface area contributed by atoms with Gasteiger partial charge in [0.15, 0.2) is 23.3 Å². The van der Waals surface area contributed by atoms with Gasteiger partial charge in [-0.25, -0.2) is 18.2 Å². The lowest BCUT2D eigenvalue weighted by atomic mass is 10.2. The Morgan fingerprint density at radius 3 is 2.52 bits per heavy atom. The molecule has 0 fully saturated rings. The molecule has 1 aromatic carbocycles. The van der Waals surface area contributed by atoms with Crippen molar-refractivity contribution in [1.29, 1.82) is 0 Å². The van der Waals surface area contributed by atoms with Crippen molar-refractivity contribution in [2.75, 3.05) is 31.4 Å². The van der Waals surface area contributed by atoms with Gasteiger partial charge in [-0.05, 0) is 12.1 Å². The monoisotopic (exact) mass is 326 g/mol. The Kier molecular flexibility index (Phi) is 4.68. The molecule has 0 unspecified atom stereocenters. The topological polar surface area (TPSA) is 67.3 Å². The van der Waals surface area contributed by atoms with Gasteiger partial charge in [0, 0.05) is 14.1 Å². The Labute approximate surface area is 129 Å². The second-order valence-corrected chi connectivity index (χ2v) is 4.67. The van der Waals surface area contributed by atoms with E-state index in [2.05, 4.69) is 15.3 Å². The normalized spacial score (nSPS) is 10.3. The molecule has 0 atom stereocenters. The zero-order chi connectivity index (χ0) is 17.1. The van der Waals surface area contributed by atoms with Gasteiger partial charge in [-0.2, -0.15) is 4.98 Å². The maximum Gasteiger partial charge on any atom is 0.318 e. The van der Waals surface area contributed by atoms with Crippen LogP contribution in [-0.4, -0.2) is 37.1 Å². The highest BCUT2D eigenvalue weighted by molar-refractivity contribution is 6.05. The second kappa shape index (κ2) is 6.51. The first-order valence-corrected chi connectivity index (χ1v) is 6.38. The minimum atomic E-state index is -1.71. The average molecular weight is 326 g/mol. The van der Waals surface area contributed by atoms with E-state index in [1.807, 2.05) is 0 Å². The third-order valence-electron chi connectivity index (χ3n) is 2.88. The summed E-state index contributed by atoms with van der Waals surface area (Å²) in [4.78, 5) is 21.5. The van der Waals surface area contributed by atoms with Crippen LogP contribution in [0.2, 0.25) is 0 Å². The number of carbonyl (C=O) groups excluding carboxylic acids is 1. The molecule has 0 saturated heterocycles. The number of aromatic nitrogens is 2. The summed E-state index contributed by atoms with van der Waals surface area (Å²) in [5.41, 5.74) is -0.477. The predicted molar refractivity (Wildman–Crippen MR) is 77.2 cm³/mol. The molecule has 1 amide bonds. The molecule has 2 rings (SSSR count). The number of nitrogens with one attached hydrogen (secondary N) is 1. The first-order valence-electron chi connectivity index (χ1n) is 6.38. The lowest BCUT2D eigenvalue weighted by Crippen LogP contribution is -2.20. The highest BCUT2D eigenvalue weighted by Crippen LogP contribution is 2.24. The Balaban J connectivity index is 2.36. The number of halogens is 3. The number of anilines is 2. The standard InChI is InChI=1S/C14H13F3N4O2/c1-21(2)12-9(6-18-14(20-12)23-3)19-13(22)7-4-5-8(15)11(17)10(7)16/h4-6H,1-3H3,(H,19,22). The van der Waals surface area contributed by atoms with E-state index < -0.39 is 28.9 Å². The summed E-state index contributed by atoms with van der Waals surface area (Å²) in [5, 5.41) is 2.36. The van der Waals surface area contributed by atoms with Crippen LogP contribution >= 0.6 is 0 Å². The Hall–Kier alpha value is -2.84. The molecule has 0 saturated carbocycles. The van der Waals surface area contributed by atoms with Crippen molar-refractivity contribution in [2.45, 2.75) is 0 Å². The summed E-state index contributed by atoms with van der Waals surface area (Å²) in [6.45, 7) is 0. The number of amides is 1. The van der Waals surface area contributed by atoms with Crippen molar-refractivity contribution < 1.29 is 22.7 Å². The third-order valence-corrected chi connectivity index (χ3v) is 2.88. The summed E-state index contributed by atoms with van der Waals surface area (Å²) >= 11 is 0. The van der Waals surface area contributed by atoms with Crippen LogP contribution in [0.4, 0.5) is 24.7 Å². The summed E-state index contributed by atoms with van der Waals surface area (Å²) in [5.74, 6) is -5.31. The Bertz CT molecular complexity index is 753. The SMILES string of the molecule is COc1ncc(NC(=O)c2ccc(F)c(F)c2F)c(N(C)C)n1. The predicted octanol–water partition coefficient (Wildman–Crippen LogP) is 2.22. The lowest BCUT2D eigenvalue weighted by molar-refractivity contribution is 0.102. The van der Waals surface area contributed by atoms with Crippen molar-refractivity contribution >= 4 is 17.4 Å². The molecule has 1 N–H and O–H groups in total. The smallest absolute Gasteiger partial charge is 0.318 e. The molecule has 1 heterocycles. The molecule has 1 aromatic heterocycles. The van der Waals surface area contributed by atoms with Crippen LogP contribution in [0.15, 0.2) is 18.3 Å². The average Bonchev–Trinajstić information content (AvgIpc) is 2.52. The van der Waals surface area contributed by atoms with Gasteiger partial charge in [0.1, 0.15) is 5.69 Å². The van der Waals surface area contributed by atoms with E-state index in [0.29, 0.717) is 11.9 Å². The van der Waals surface area contributed by atoms with E-state index >= 15 is 0 Å². The number of nitrogens with zero attached hydrogens (tertiary/aromatic N) is 3. The number of rotatable bonds is 4.